The van der Waals surface area contributed by atoms with Crippen molar-refractivity contribution in [1.82, 2.24) is 5.32 Å². The van der Waals surface area contributed by atoms with Crippen molar-refractivity contribution in [3.05, 3.63) is 34.7 Å². The predicted molar refractivity (Wildman–Crippen MR) is 53.6 cm³/mol. The third-order valence-electron chi connectivity index (χ3n) is 1.35. The first-order chi connectivity index (χ1) is 6.09. The summed E-state index contributed by atoms with van der Waals surface area (Å²) in [5.41, 5.74) is 0.902. The number of furan rings is 1. The van der Waals surface area contributed by atoms with Crippen molar-refractivity contribution >= 4 is 21.8 Å². The van der Waals surface area contributed by atoms with Crippen molar-refractivity contribution in [3.63, 3.8) is 0 Å². The molecule has 1 N–H and O–H groups in total. The van der Waals surface area contributed by atoms with Gasteiger partial charge in [0, 0.05) is 6.54 Å². The van der Waals surface area contributed by atoms with Gasteiger partial charge in [0.25, 0.3) is 5.91 Å². The summed E-state index contributed by atoms with van der Waals surface area (Å²) >= 11 is 3.12. The van der Waals surface area contributed by atoms with Crippen molar-refractivity contribution in [2.75, 3.05) is 6.54 Å². The summed E-state index contributed by atoms with van der Waals surface area (Å²) in [5.74, 6) is 0.0711. The van der Waals surface area contributed by atoms with Gasteiger partial charge >= 0.3 is 0 Å². The van der Waals surface area contributed by atoms with Gasteiger partial charge in [0.2, 0.25) is 0 Å². The third kappa shape index (κ3) is 3.06. The molecule has 0 radical (unpaired) electrons. The van der Waals surface area contributed by atoms with Gasteiger partial charge < -0.3 is 9.73 Å². The van der Waals surface area contributed by atoms with E-state index in [4.69, 9.17) is 4.42 Å². The SMILES string of the molecule is C=C(C)CNC(=O)c1ccc(Br)o1. The highest BCUT2D eigenvalue weighted by Gasteiger charge is 2.08. The van der Waals surface area contributed by atoms with Crippen molar-refractivity contribution in [3.8, 4) is 0 Å². The van der Waals surface area contributed by atoms with E-state index in [1.807, 2.05) is 6.92 Å². The highest BCUT2D eigenvalue weighted by Crippen LogP contribution is 2.13. The zero-order valence-corrected chi connectivity index (χ0v) is 8.85. The molecule has 0 unspecified atom stereocenters. The normalized spacial score (nSPS) is 9.69. The van der Waals surface area contributed by atoms with Gasteiger partial charge in [-0.2, -0.15) is 0 Å². The van der Waals surface area contributed by atoms with Crippen LogP contribution in [0.25, 0.3) is 0 Å². The molecule has 70 valence electrons. The Labute approximate surface area is 84.9 Å². The molecular formula is C9H10BrNO2. The van der Waals surface area contributed by atoms with E-state index < -0.39 is 0 Å². The molecule has 4 heteroatoms. The standard InChI is InChI=1S/C9H10BrNO2/c1-6(2)5-11-9(12)7-3-4-8(10)13-7/h3-4H,1,5H2,2H3,(H,11,12). The third-order valence-corrected chi connectivity index (χ3v) is 1.77. The predicted octanol–water partition coefficient (Wildman–Crippen LogP) is 2.35. The van der Waals surface area contributed by atoms with Crippen LogP contribution in [0.1, 0.15) is 17.5 Å². The van der Waals surface area contributed by atoms with Crippen LogP contribution in [0.4, 0.5) is 0 Å². The maximum Gasteiger partial charge on any atom is 0.287 e. The summed E-state index contributed by atoms with van der Waals surface area (Å²) < 4.78 is 5.60. The summed E-state index contributed by atoms with van der Waals surface area (Å²) in [6, 6.07) is 3.29. The van der Waals surface area contributed by atoms with Gasteiger partial charge in [0.1, 0.15) is 0 Å². The van der Waals surface area contributed by atoms with Crippen LogP contribution in [0.2, 0.25) is 0 Å². The highest BCUT2D eigenvalue weighted by atomic mass is 79.9. The van der Waals surface area contributed by atoms with E-state index in [0.29, 0.717) is 17.0 Å². The first-order valence-electron chi connectivity index (χ1n) is 3.77. The van der Waals surface area contributed by atoms with Crippen LogP contribution in [0, 0.1) is 0 Å². The molecule has 1 aromatic heterocycles. The molecule has 0 aliphatic rings. The lowest BCUT2D eigenvalue weighted by Crippen LogP contribution is -2.24. The molecule has 1 aromatic rings. The van der Waals surface area contributed by atoms with E-state index in [1.54, 1.807) is 12.1 Å². The monoisotopic (exact) mass is 243 g/mol. The summed E-state index contributed by atoms with van der Waals surface area (Å²) in [6.45, 7) is 5.99. The number of carbonyl (C=O) groups excluding carboxylic acids is 1. The summed E-state index contributed by atoms with van der Waals surface area (Å²) in [7, 11) is 0. The van der Waals surface area contributed by atoms with Crippen LogP contribution in [0.5, 0.6) is 0 Å². The lowest BCUT2D eigenvalue weighted by atomic mass is 10.3. The Hall–Kier alpha value is -1.03. The van der Waals surface area contributed by atoms with Crippen LogP contribution in [-0.4, -0.2) is 12.5 Å². The number of halogens is 1. The fraction of sp³-hybridized carbons (Fsp3) is 0.222. The second kappa shape index (κ2) is 4.28. The summed E-state index contributed by atoms with van der Waals surface area (Å²) in [6.07, 6.45) is 0. The molecule has 0 saturated carbocycles. The fourth-order valence-electron chi connectivity index (χ4n) is 0.755. The van der Waals surface area contributed by atoms with Gasteiger partial charge in [-0.05, 0) is 35.0 Å². The first kappa shape index (κ1) is 10.1. The molecule has 0 spiro atoms. The highest BCUT2D eigenvalue weighted by molar-refractivity contribution is 9.10. The molecule has 0 bridgehead atoms. The van der Waals surface area contributed by atoms with Gasteiger partial charge in [-0.3, -0.25) is 4.79 Å². The second-order valence-corrected chi connectivity index (χ2v) is 3.53. The van der Waals surface area contributed by atoms with Crippen molar-refractivity contribution in [2.24, 2.45) is 0 Å². The molecule has 13 heavy (non-hydrogen) atoms. The zero-order chi connectivity index (χ0) is 9.84. The average Bonchev–Trinajstić information content (AvgIpc) is 2.47. The largest absolute Gasteiger partial charge is 0.444 e. The lowest BCUT2D eigenvalue weighted by Gasteiger charge is -2.00. The Morgan fingerprint density at radius 2 is 2.38 bits per heavy atom. The number of carbonyl (C=O) groups is 1. The quantitative estimate of drug-likeness (QED) is 0.829. The second-order valence-electron chi connectivity index (χ2n) is 2.74. The van der Waals surface area contributed by atoms with E-state index in [-0.39, 0.29) is 5.91 Å². The van der Waals surface area contributed by atoms with Gasteiger partial charge in [-0.15, -0.1) is 0 Å². The molecule has 1 rings (SSSR count). The van der Waals surface area contributed by atoms with Gasteiger partial charge in [0.05, 0.1) is 0 Å². The van der Waals surface area contributed by atoms with Crippen LogP contribution < -0.4 is 5.32 Å². The number of hydrogen-bond donors (Lipinski definition) is 1. The number of rotatable bonds is 3. The van der Waals surface area contributed by atoms with Crippen molar-refractivity contribution < 1.29 is 9.21 Å². The van der Waals surface area contributed by atoms with Crippen molar-refractivity contribution in [2.45, 2.75) is 6.92 Å². The molecule has 0 saturated heterocycles. The molecule has 0 aromatic carbocycles. The Morgan fingerprint density at radius 3 is 2.85 bits per heavy atom. The zero-order valence-electron chi connectivity index (χ0n) is 7.26. The van der Waals surface area contributed by atoms with E-state index in [1.165, 1.54) is 0 Å². The Morgan fingerprint density at radius 1 is 1.69 bits per heavy atom. The molecule has 0 aliphatic carbocycles. The van der Waals surface area contributed by atoms with E-state index in [9.17, 15) is 4.79 Å². The van der Waals surface area contributed by atoms with E-state index >= 15 is 0 Å². The Kier molecular flexibility index (Phi) is 3.31. The minimum absolute atomic E-state index is 0.228. The van der Waals surface area contributed by atoms with Crippen molar-refractivity contribution in [1.29, 1.82) is 0 Å². The Bertz CT molecular complexity index is 330. The van der Waals surface area contributed by atoms with Crippen LogP contribution in [0.15, 0.2) is 33.4 Å². The summed E-state index contributed by atoms with van der Waals surface area (Å²) in [5, 5.41) is 2.66. The van der Waals surface area contributed by atoms with Gasteiger partial charge in [0.15, 0.2) is 10.4 Å². The maximum atomic E-state index is 11.3. The molecule has 0 fully saturated rings. The van der Waals surface area contributed by atoms with E-state index in [2.05, 4.69) is 27.8 Å². The molecular weight excluding hydrogens is 234 g/mol. The number of hydrogen-bond acceptors (Lipinski definition) is 2. The Balaban J connectivity index is 2.54. The minimum Gasteiger partial charge on any atom is -0.444 e. The number of nitrogens with one attached hydrogen (secondary N) is 1. The first-order valence-corrected chi connectivity index (χ1v) is 4.57. The average molecular weight is 244 g/mol. The maximum absolute atomic E-state index is 11.3. The fourth-order valence-corrected chi connectivity index (χ4v) is 1.06. The molecule has 1 amide bonds. The van der Waals surface area contributed by atoms with E-state index in [0.717, 1.165) is 5.57 Å². The molecule has 0 aliphatic heterocycles. The van der Waals surface area contributed by atoms with Gasteiger partial charge in [-0.1, -0.05) is 12.2 Å². The van der Waals surface area contributed by atoms with Gasteiger partial charge in [-0.25, -0.2) is 0 Å². The molecule has 0 atom stereocenters. The smallest absolute Gasteiger partial charge is 0.287 e. The minimum atomic E-state index is -0.228. The summed E-state index contributed by atoms with van der Waals surface area (Å²) in [4.78, 5) is 11.3. The van der Waals surface area contributed by atoms with Crippen LogP contribution in [-0.2, 0) is 0 Å². The lowest BCUT2D eigenvalue weighted by molar-refractivity contribution is 0.0928. The van der Waals surface area contributed by atoms with Crippen LogP contribution in [0.3, 0.4) is 0 Å². The number of amides is 1. The van der Waals surface area contributed by atoms with Crippen LogP contribution >= 0.6 is 15.9 Å². The topological polar surface area (TPSA) is 42.2 Å². The molecule has 3 nitrogen and oxygen atoms in total. The molecule has 1 heterocycles.